The van der Waals surface area contributed by atoms with Crippen LogP contribution in [-0.4, -0.2) is 32.1 Å². The van der Waals surface area contributed by atoms with E-state index in [0.29, 0.717) is 22.1 Å². The molecule has 0 heterocycles. The van der Waals surface area contributed by atoms with Gasteiger partial charge in [0.25, 0.3) is 0 Å². The predicted octanol–water partition coefficient (Wildman–Crippen LogP) is 3.66. The lowest BCUT2D eigenvalue weighted by atomic mass is 10.2. The Morgan fingerprint density at radius 3 is 2.78 bits per heavy atom. The van der Waals surface area contributed by atoms with Gasteiger partial charge in [0.1, 0.15) is 17.6 Å². The highest BCUT2D eigenvalue weighted by Crippen LogP contribution is 2.28. The third-order valence-electron chi connectivity index (χ3n) is 3.26. The second-order valence-electron chi connectivity index (χ2n) is 5.48. The van der Waals surface area contributed by atoms with Gasteiger partial charge in [-0.05, 0) is 43.9 Å². The Bertz CT molecular complexity index is 695. The summed E-state index contributed by atoms with van der Waals surface area (Å²) in [4.78, 5) is 2.13. The third-order valence-corrected chi connectivity index (χ3v) is 3.49. The van der Waals surface area contributed by atoms with Crippen LogP contribution in [0.4, 0.5) is 0 Å². The molecule has 0 saturated heterocycles. The fourth-order valence-electron chi connectivity index (χ4n) is 2.05. The van der Waals surface area contributed by atoms with Gasteiger partial charge in [-0.1, -0.05) is 23.7 Å². The Kier molecular flexibility index (Phi) is 6.42. The zero-order valence-electron chi connectivity index (χ0n) is 13.3. The van der Waals surface area contributed by atoms with Crippen LogP contribution in [-0.2, 0) is 6.54 Å². The number of hydrogen-bond donors (Lipinski definition) is 1. The molecule has 0 aliphatic rings. The number of benzene rings is 2. The maximum absolute atomic E-state index is 9.14. The Morgan fingerprint density at radius 2 is 2.04 bits per heavy atom. The monoisotopic (exact) mass is 329 g/mol. The van der Waals surface area contributed by atoms with Crippen molar-refractivity contribution in [3.05, 3.63) is 58.6 Å². The second-order valence-corrected chi connectivity index (χ2v) is 5.92. The lowest BCUT2D eigenvalue weighted by molar-refractivity contribution is 0.400. The van der Waals surface area contributed by atoms with Gasteiger partial charge in [0.05, 0.1) is 5.56 Å². The molecular formula is C18H20ClN3O. The van der Waals surface area contributed by atoms with Gasteiger partial charge in [-0.25, -0.2) is 0 Å². The zero-order valence-corrected chi connectivity index (χ0v) is 14.1. The van der Waals surface area contributed by atoms with Gasteiger partial charge >= 0.3 is 0 Å². The molecule has 0 radical (unpaired) electrons. The number of halogens is 1. The van der Waals surface area contributed by atoms with Crippen LogP contribution in [0.2, 0.25) is 5.02 Å². The molecule has 0 aromatic heterocycles. The SMILES string of the molecule is CN(C)CCNCc1cccc(Oc2cc(Cl)ccc2C#N)c1. The zero-order chi connectivity index (χ0) is 16.7. The lowest BCUT2D eigenvalue weighted by Crippen LogP contribution is -2.26. The summed E-state index contributed by atoms with van der Waals surface area (Å²) in [5.74, 6) is 1.16. The molecule has 2 aromatic carbocycles. The molecule has 0 aliphatic carbocycles. The van der Waals surface area contributed by atoms with Crippen LogP contribution in [0.25, 0.3) is 0 Å². The predicted molar refractivity (Wildman–Crippen MR) is 92.9 cm³/mol. The molecular weight excluding hydrogens is 310 g/mol. The molecule has 0 aliphatic heterocycles. The second kappa shape index (κ2) is 8.54. The number of hydrogen-bond acceptors (Lipinski definition) is 4. The first kappa shape index (κ1) is 17.3. The van der Waals surface area contributed by atoms with Crippen molar-refractivity contribution < 1.29 is 4.74 Å². The van der Waals surface area contributed by atoms with Gasteiger partial charge < -0.3 is 15.0 Å². The highest BCUT2D eigenvalue weighted by Gasteiger charge is 2.06. The number of nitriles is 1. The largest absolute Gasteiger partial charge is 0.456 e. The van der Waals surface area contributed by atoms with Crippen molar-refractivity contribution in [1.29, 1.82) is 5.26 Å². The highest BCUT2D eigenvalue weighted by molar-refractivity contribution is 6.30. The van der Waals surface area contributed by atoms with E-state index in [1.807, 2.05) is 38.4 Å². The van der Waals surface area contributed by atoms with E-state index in [4.69, 9.17) is 21.6 Å². The van der Waals surface area contributed by atoms with E-state index >= 15 is 0 Å². The number of nitrogens with one attached hydrogen (secondary N) is 1. The highest BCUT2D eigenvalue weighted by atomic mass is 35.5. The van der Waals surface area contributed by atoms with E-state index in [1.165, 1.54) is 0 Å². The minimum absolute atomic E-state index is 0.462. The molecule has 2 aromatic rings. The molecule has 0 atom stereocenters. The molecule has 0 fully saturated rings. The molecule has 1 N–H and O–H groups in total. The van der Waals surface area contributed by atoms with E-state index in [1.54, 1.807) is 18.2 Å². The smallest absolute Gasteiger partial charge is 0.146 e. The molecule has 0 saturated carbocycles. The standard InChI is InChI=1S/C18H20ClN3O/c1-22(2)9-8-21-13-14-4-3-5-17(10-14)23-18-11-16(19)7-6-15(18)12-20/h3-7,10-11,21H,8-9,13H2,1-2H3. The van der Waals surface area contributed by atoms with Crippen LogP contribution in [0.1, 0.15) is 11.1 Å². The Morgan fingerprint density at radius 1 is 1.22 bits per heavy atom. The maximum Gasteiger partial charge on any atom is 0.146 e. The first-order valence-corrected chi connectivity index (χ1v) is 7.78. The van der Waals surface area contributed by atoms with Crippen LogP contribution in [0, 0.1) is 11.3 Å². The van der Waals surface area contributed by atoms with Crippen molar-refractivity contribution in [2.45, 2.75) is 6.54 Å². The van der Waals surface area contributed by atoms with Crippen LogP contribution in [0.5, 0.6) is 11.5 Å². The van der Waals surface area contributed by atoms with E-state index < -0.39 is 0 Å². The van der Waals surface area contributed by atoms with E-state index in [9.17, 15) is 0 Å². The van der Waals surface area contributed by atoms with Crippen LogP contribution < -0.4 is 10.1 Å². The fourth-order valence-corrected chi connectivity index (χ4v) is 2.22. The number of ether oxygens (including phenoxy) is 1. The van der Waals surface area contributed by atoms with Crippen LogP contribution in [0.3, 0.4) is 0 Å². The summed E-state index contributed by atoms with van der Waals surface area (Å²) < 4.78 is 5.82. The minimum Gasteiger partial charge on any atom is -0.456 e. The van der Waals surface area contributed by atoms with Crippen molar-refractivity contribution in [2.24, 2.45) is 0 Å². The first-order chi connectivity index (χ1) is 11.1. The third kappa shape index (κ3) is 5.57. The van der Waals surface area contributed by atoms with E-state index in [0.717, 1.165) is 25.2 Å². The Balaban J connectivity index is 2.03. The summed E-state index contributed by atoms with van der Waals surface area (Å²) in [6, 6.07) is 14.9. The summed E-state index contributed by atoms with van der Waals surface area (Å²) in [6.07, 6.45) is 0. The summed E-state index contributed by atoms with van der Waals surface area (Å²) in [6.45, 7) is 2.68. The number of rotatable bonds is 7. The normalized spacial score (nSPS) is 10.6. The summed E-state index contributed by atoms with van der Waals surface area (Å²) in [7, 11) is 4.10. The molecule has 0 spiro atoms. The van der Waals surface area contributed by atoms with Gasteiger partial charge in [-0.2, -0.15) is 5.26 Å². The molecule has 23 heavy (non-hydrogen) atoms. The number of nitrogens with zero attached hydrogens (tertiary/aromatic N) is 2. The molecule has 120 valence electrons. The molecule has 0 bridgehead atoms. The van der Waals surface area contributed by atoms with Crippen molar-refractivity contribution in [1.82, 2.24) is 10.2 Å². The summed E-state index contributed by atoms with van der Waals surface area (Å²) in [5.41, 5.74) is 1.59. The molecule has 5 heteroatoms. The Labute approximate surface area is 142 Å². The maximum atomic E-state index is 9.14. The van der Waals surface area contributed by atoms with Crippen molar-refractivity contribution >= 4 is 11.6 Å². The lowest BCUT2D eigenvalue weighted by Gasteiger charge is -2.12. The van der Waals surface area contributed by atoms with Crippen molar-refractivity contribution in [3.63, 3.8) is 0 Å². The number of likely N-dealkylation sites (N-methyl/N-ethyl adjacent to an activating group) is 1. The van der Waals surface area contributed by atoms with Crippen molar-refractivity contribution in [2.75, 3.05) is 27.2 Å². The topological polar surface area (TPSA) is 48.3 Å². The minimum atomic E-state index is 0.462. The van der Waals surface area contributed by atoms with Crippen molar-refractivity contribution in [3.8, 4) is 17.6 Å². The van der Waals surface area contributed by atoms with E-state index in [-0.39, 0.29) is 0 Å². The van der Waals surface area contributed by atoms with Gasteiger partial charge in [0, 0.05) is 30.7 Å². The molecule has 0 unspecified atom stereocenters. The van der Waals surface area contributed by atoms with Crippen LogP contribution >= 0.6 is 11.6 Å². The molecule has 2 rings (SSSR count). The Hall–Kier alpha value is -2.06. The average molecular weight is 330 g/mol. The average Bonchev–Trinajstić information content (AvgIpc) is 2.52. The first-order valence-electron chi connectivity index (χ1n) is 7.40. The fraction of sp³-hybridized carbons (Fsp3) is 0.278. The summed E-state index contributed by atoms with van der Waals surface area (Å²) >= 11 is 5.98. The van der Waals surface area contributed by atoms with Gasteiger partial charge in [0.2, 0.25) is 0 Å². The quantitative estimate of drug-likeness (QED) is 0.788. The van der Waals surface area contributed by atoms with Gasteiger partial charge in [0.15, 0.2) is 0 Å². The van der Waals surface area contributed by atoms with Crippen LogP contribution in [0.15, 0.2) is 42.5 Å². The van der Waals surface area contributed by atoms with Gasteiger partial charge in [-0.15, -0.1) is 0 Å². The van der Waals surface area contributed by atoms with E-state index in [2.05, 4.69) is 16.3 Å². The molecule has 4 nitrogen and oxygen atoms in total. The summed E-state index contributed by atoms with van der Waals surface area (Å²) in [5, 5.41) is 13.1. The van der Waals surface area contributed by atoms with Gasteiger partial charge in [-0.3, -0.25) is 0 Å². The molecule has 0 amide bonds.